The molecule has 9 nitrogen and oxygen atoms in total. The van der Waals surface area contributed by atoms with Gasteiger partial charge in [0.25, 0.3) is 0 Å². The van der Waals surface area contributed by atoms with Gasteiger partial charge in [-0.3, -0.25) is 10.4 Å². The molecular weight excluding hydrogens is 466 g/mol. The standard InChI is InChI=1S/C28H29N7O2/c1-28(2,3)37-27(36)33-31-18-25(29-16-19-9-5-4-6-10-19)22-17-30-23-14-13-20(15-21(22)23)35-26-12-8-7-11-24(26)32-34-35/h4-17,25,30-31H,18H2,1-3H3,(H,33,36). The highest BCUT2D eigenvalue weighted by molar-refractivity contribution is 5.87. The van der Waals surface area contributed by atoms with Crippen molar-refractivity contribution in [1.82, 2.24) is 30.8 Å². The molecule has 0 aliphatic carbocycles. The van der Waals surface area contributed by atoms with Gasteiger partial charge in [-0.05, 0) is 56.7 Å². The topological polar surface area (TPSA) is 109 Å². The van der Waals surface area contributed by atoms with Gasteiger partial charge in [-0.15, -0.1) is 5.10 Å². The second-order valence-electron chi connectivity index (χ2n) is 9.68. The SMILES string of the molecule is CC(C)(C)OC(=O)NNCC(N=Cc1ccccc1)c1c[nH]c2ccc(-n3nnc4ccccc43)cc12. The summed E-state index contributed by atoms with van der Waals surface area (Å²) in [5.74, 6) is 0. The molecule has 3 N–H and O–H groups in total. The van der Waals surface area contributed by atoms with Gasteiger partial charge in [-0.25, -0.2) is 14.9 Å². The fourth-order valence-electron chi connectivity index (χ4n) is 4.08. The molecular formula is C28H29N7O2. The lowest BCUT2D eigenvalue weighted by atomic mass is 10.1. The van der Waals surface area contributed by atoms with E-state index in [1.54, 1.807) is 0 Å². The van der Waals surface area contributed by atoms with Crippen molar-refractivity contribution in [3.8, 4) is 5.69 Å². The van der Waals surface area contributed by atoms with Crippen LogP contribution in [0.3, 0.4) is 0 Å². The van der Waals surface area contributed by atoms with E-state index in [2.05, 4.69) is 32.2 Å². The minimum Gasteiger partial charge on any atom is -0.443 e. The van der Waals surface area contributed by atoms with Crippen LogP contribution in [-0.2, 0) is 4.74 Å². The molecule has 2 aromatic heterocycles. The molecule has 0 bridgehead atoms. The molecule has 2 heterocycles. The van der Waals surface area contributed by atoms with E-state index in [-0.39, 0.29) is 6.04 Å². The number of hydrogen-bond donors (Lipinski definition) is 3. The van der Waals surface area contributed by atoms with E-state index in [1.165, 1.54) is 0 Å². The van der Waals surface area contributed by atoms with Crippen LogP contribution in [0.5, 0.6) is 0 Å². The number of hydrazine groups is 1. The normalized spacial score (nSPS) is 12.8. The highest BCUT2D eigenvalue weighted by Crippen LogP contribution is 2.29. The summed E-state index contributed by atoms with van der Waals surface area (Å²) in [7, 11) is 0. The van der Waals surface area contributed by atoms with Crippen molar-refractivity contribution in [2.75, 3.05) is 6.54 Å². The van der Waals surface area contributed by atoms with Crippen molar-refractivity contribution in [2.24, 2.45) is 4.99 Å². The second kappa shape index (κ2) is 10.2. The Hall–Kier alpha value is -4.50. The summed E-state index contributed by atoms with van der Waals surface area (Å²) >= 11 is 0. The fourth-order valence-corrected chi connectivity index (χ4v) is 4.08. The molecule has 1 amide bonds. The lowest BCUT2D eigenvalue weighted by Crippen LogP contribution is -2.42. The summed E-state index contributed by atoms with van der Waals surface area (Å²) in [5.41, 5.74) is 10.6. The number of aromatic nitrogens is 4. The van der Waals surface area contributed by atoms with Crippen LogP contribution in [0.25, 0.3) is 27.6 Å². The molecule has 188 valence electrons. The Kier molecular flexibility index (Phi) is 6.70. The number of fused-ring (bicyclic) bond motifs is 2. The first kappa shape index (κ1) is 24.2. The zero-order valence-electron chi connectivity index (χ0n) is 21.0. The Balaban J connectivity index is 1.46. The van der Waals surface area contributed by atoms with E-state index < -0.39 is 11.7 Å². The summed E-state index contributed by atoms with van der Waals surface area (Å²) in [4.78, 5) is 20.4. The van der Waals surface area contributed by atoms with E-state index in [4.69, 9.17) is 9.73 Å². The summed E-state index contributed by atoms with van der Waals surface area (Å²) in [6.45, 7) is 5.82. The molecule has 0 saturated carbocycles. The van der Waals surface area contributed by atoms with Crippen molar-refractivity contribution in [3.63, 3.8) is 0 Å². The Labute approximate surface area is 214 Å². The maximum absolute atomic E-state index is 12.1. The molecule has 5 aromatic rings. The number of amides is 1. The van der Waals surface area contributed by atoms with Gasteiger partial charge in [0.2, 0.25) is 0 Å². The van der Waals surface area contributed by atoms with E-state index in [1.807, 2.05) is 105 Å². The molecule has 1 unspecified atom stereocenters. The summed E-state index contributed by atoms with van der Waals surface area (Å²) in [6.07, 6.45) is 3.25. The zero-order valence-corrected chi connectivity index (χ0v) is 21.0. The molecule has 0 radical (unpaired) electrons. The molecule has 5 rings (SSSR count). The third kappa shape index (κ3) is 5.68. The quantitative estimate of drug-likeness (QED) is 0.215. The molecule has 0 fully saturated rings. The third-order valence-corrected chi connectivity index (χ3v) is 5.74. The lowest BCUT2D eigenvalue weighted by molar-refractivity contribution is 0.0497. The van der Waals surface area contributed by atoms with Crippen LogP contribution in [-0.4, -0.2) is 44.4 Å². The highest BCUT2D eigenvalue weighted by atomic mass is 16.6. The van der Waals surface area contributed by atoms with Crippen molar-refractivity contribution in [1.29, 1.82) is 0 Å². The molecule has 1 atom stereocenters. The predicted molar refractivity (Wildman–Crippen MR) is 145 cm³/mol. The third-order valence-electron chi connectivity index (χ3n) is 5.74. The van der Waals surface area contributed by atoms with Crippen LogP contribution < -0.4 is 10.9 Å². The van der Waals surface area contributed by atoms with Gasteiger partial charge in [-0.2, -0.15) is 0 Å². The van der Waals surface area contributed by atoms with Crippen molar-refractivity contribution < 1.29 is 9.53 Å². The number of aromatic amines is 1. The molecule has 0 aliphatic heterocycles. The first-order chi connectivity index (χ1) is 17.9. The maximum atomic E-state index is 12.1. The molecule has 37 heavy (non-hydrogen) atoms. The predicted octanol–water partition coefficient (Wildman–Crippen LogP) is 5.09. The number of carbonyl (C=O) groups is 1. The van der Waals surface area contributed by atoms with Crippen molar-refractivity contribution >= 4 is 34.2 Å². The maximum Gasteiger partial charge on any atom is 0.422 e. The smallest absolute Gasteiger partial charge is 0.422 e. The number of rotatable bonds is 7. The number of aliphatic imine (C=N–C) groups is 1. The minimum atomic E-state index is -0.588. The lowest BCUT2D eigenvalue weighted by Gasteiger charge is -2.20. The van der Waals surface area contributed by atoms with Crippen LogP contribution in [0.2, 0.25) is 0 Å². The van der Waals surface area contributed by atoms with Crippen molar-refractivity contribution in [2.45, 2.75) is 32.4 Å². The van der Waals surface area contributed by atoms with E-state index in [0.29, 0.717) is 6.54 Å². The number of nitrogens with zero attached hydrogens (tertiary/aromatic N) is 4. The Morgan fingerprint density at radius 3 is 2.70 bits per heavy atom. The number of carbonyl (C=O) groups excluding carboxylic acids is 1. The molecule has 0 saturated heterocycles. The number of hydrogen-bond acceptors (Lipinski definition) is 6. The Morgan fingerprint density at radius 1 is 1.11 bits per heavy atom. The fraction of sp³-hybridized carbons (Fsp3) is 0.214. The average Bonchev–Trinajstić information content (AvgIpc) is 3.50. The van der Waals surface area contributed by atoms with Gasteiger partial charge in [0.15, 0.2) is 0 Å². The van der Waals surface area contributed by atoms with Crippen LogP contribution >= 0.6 is 0 Å². The highest BCUT2D eigenvalue weighted by Gasteiger charge is 2.19. The zero-order chi connectivity index (χ0) is 25.8. The van der Waals surface area contributed by atoms with Gasteiger partial charge in [0.05, 0.1) is 17.2 Å². The van der Waals surface area contributed by atoms with Gasteiger partial charge in [0, 0.05) is 35.4 Å². The average molecular weight is 496 g/mol. The number of benzene rings is 3. The summed E-state index contributed by atoms with van der Waals surface area (Å²) in [6, 6.07) is 23.6. The Morgan fingerprint density at radius 2 is 1.89 bits per heavy atom. The minimum absolute atomic E-state index is 0.299. The molecule has 9 heteroatoms. The molecule has 3 aromatic carbocycles. The van der Waals surface area contributed by atoms with Crippen LogP contribution in [0, 0.1) is 0 Å². The van der Waals surface area contributed by atoms with Gasteiger partial charge in [-0.1, -0.05) is 47.7 Å². The molecule has 0 aliphatic rings. The van der Waals surface area contributed by atoms with Gasteiger partial charge < -0.3 is 9.72 Å². The summed E-state index contributed by atoms with van der Waals surface area (Å²) < 4.78 is 7.16. The second-order valence-corrected chi connectivity index (χ2v) is 9.68. The van der Waals surface area contributed by atoms with E-state index in [9.17, 15) is 4.79 Å². The van der Waals surface area contributed by atoms with Crippen LogP contribution in [0.4, 0.5) is 4.79 Å². The largest absolute Gasteiger partial charge is 0.443 e. The Bertz CT molecular complexity index is 1550. The number of nitrogens with one attached hydrogen (secondary N) is 3. The first-order valence-electron chi connectivity index (χ1n) is 12.1. The molecule has 0 spiro atoms. The van der Waals surface area contributed by atoms with Gasteiger partial charge in [0.1, 0.15) is 11.1 Å². The number of H-pyrrole nitrogens is 1. The first-order valence-corrected chi connectivity index (χ1v) is 12.1. The van der Waals surface area contributed by atoms with Crippen LogP contribution in [0.1, 0.15) is 37.9 Å². The summed E-state index contributed by atoms with van der Waals surface area (Å²) in [5, 5.41) is 9.65. The monoisotopic (exact) mass is 495 g/mol. The van der Waals surface area contributed by atoms with E-state index >= 15 is 0 Å². The number of para-hydroxylation sites is 1. The van der Waals surface area contributed by atoms with E-state index in [0.717, 1.165) is 38.8 Å². The van der Waals surface area contributed by atoms with Crippen molar-refractivity contribution in [3.05, 3.63) is 90.1 Å². The number of ether oxygens (including phenoxy) is 1. The van der Waals surface area contributed by atoms with Crippen LogP contribution in [0.15, 0.2) is 84.0 Å². The van der Waals surface area contributed by atoms with Gasteiger partial charge >= 0.3 is 6.09 Å².